The number of hydrogen-bond acceptors (Lipinski definition) is 4. The number of nitrogens with two attached hydrogens (primary N) is 1. The van der Waals surface area contributed by atoms with E-state index in [1.807, 2.05) is 10.7 Å². The maximum atomic E-state index is 12.3. The summed E-state index contributed by atoms with van der Waals surface area (Å²) in [6.45, 7) is 4.56. The van der Waals surface area contributed by atoms with E-state index in [2.05, 4.69) is 29.2 Å². The molecule has 0 spiro atoms. The van der Waals surface area contributed by atoms with Crippen LogP contribution in [0.3, 0.4) is 0 Å². The molecule has 1 aromatic rings. The number of fused-ring (bicyclic) bond motifs is 2. The zero-order chi connectivity index (χ0) is 15.0. The fourth-order valence-corrected chi connectivity index (χ4v) is 3.75. The van der Waals surface area contributed by atoms with Crippen molar-refractivity contribution >= 4 is 11.7 Å². The van der Waals surface area contributed by atoms with Crippen molar-refractivity contribution in [1.82, 2.24) is 14.7 Å². The highest BCUT2D eigenvalue weighted by Crippen LogP contribution is 2.34. The predicted molar refractivity (Wildman–Crippen MR) is 82.0 cm³/mol. The first-order valence-electron chi connectivity index (χ1n) is 7.89. The molecule has 0 saturated carbocycles. The van der Waals surface area contributed by atoms with Crippen LogP contribution in [0.4, 0.5) is 5.82 Å². The van der Waals surface area contributed by atoms with Gasteiger partial charge in [-0.25, -0.2) is 4.68 Å². The summed E-state index contributed by atoms with van der Waals surface area (Å²) in [4.78, 5) is 14.7. The Labute approximate surface area is 125 Å². The number of anilines is 1. The largest absolute Gasteiger partial charge is 0.328 e. The van der Waals surface area contributed by atoms with E-state index in [0.29, 0.717) is 24.7 Å². The predicted octanol–water partition coefficient (Wildman–Crippen LogP) is 1.36. The van der Waals surface area contributed by atoms with Crippen molar-refractivity contribution in [3.63, 3.8) is 0 Å². The molecule has 2 bridgehead atoms. The summed E-state index contributed by atoms with van der Waals surface area (Å²) in [7, 11) is 0. The minimum Gasteiger partial charge on any atom is -0.328 e. The minimum absolute atomic E-state index is 0.0461. The lowest BCUT2D eigenvalue weighted by Gasteiger charge is -2.37. The van der Waals surface area contributed by atoms with Crippen LogP contribution in [0.25, 0.3) is 0 Å². The van der Waals surface area contributed by atoms with Crippen molar-refractivity contribution in [1.29, 1.82) is 0 Å². The number of piperidine rings is 1. The molecular weight excluding hydrogens is 266 g/mol. The molecule has 2 saturated heterocycles. The first-order valence-corrected chi connectivity index (χ1v) is 7.89. The molecule has 2 fully saturated rings. The minimum atomic E-state index is 0.0461. The van der Waals surface area contributed by atoms with E-state index in [4.69, 9.17) is 5.73 Å². The molecule has 0 aliphatic carbocycles. The average Bonchev–Trinajstić information content (AvgIpc) is 2.94. The van der Waals surface area contributed by atoms with Gasteiger partial charge in [-0.1, -0.05) is 0 Å². The Morgan fingerprint density at radius 2 is 2.10 bits per heavy atom. The fraction of sp³-hybridized carbons (Fsp3) is 0.733. The van der Waals surface area contributed by atoms with Crippen LogP contribution in [-0.2, 0) is 4.79 Å². The van der Waals surface area contributed by atoms with Gasteiger partial charge in [-0.05, 0) is 39.5 Å². The van der Waals surface area contributed by atoms with Gasteiger partial charge in [0, 0.05) is 30.2 Å². The van der Waals surface area contributed by atoms with Crippen molar-refractivity contribution in [2.75, 3.05) is 11.9 Å². The molecule has 2 unspecified atom stereocenters. The zero-order valence-electron chi connectivity index (χ0n) is 12.8. The summed E-state index contributed by atoms with van der Waals surface area (Å²) < 4.78 is 1.83. The number of aromatic nitrogens is 2. The van der Waals surface area contributed by atoms with Gasteiger partial charge in [0.2, 0.25) is 5.91 Å². The first-order chi connectivity index (χ1) is 10.0. The van der Waals surface area contributed by atoms with Gasteiger partial charge in [-0.3, -0.25) is 9.69 Å². The molecule has 2 atom stereocenters. The summed E-state index contributed by atoms with van der Waals surface area (Å²) in [5.74, 6) is 0.820. The van der Waals surface area contributed by atoms with E-state index >= 15 is 0 Å². The highest BCUT2D eigenvalue weighted by molar-refractivity contribution is 5.91. The van der Waals surface area contributed by atoms with Gasteiger partial charge >= 0.3 is 0 Å². The van der Waals surface area contributed by atoms with Gasteiger partial charge in [-0.15, -0.1) is 0 Å². The summed E-state index contributed by atoms with van der Waals surface area (Å²) in [5.41, 5.74) is 6.07. The van der Waals surface area contributed by atoms with Gasteiger partial charge in [0.05, 0.1) is 12.7 Å². The molecule has 2 aliphatic rings. The smallest absolute Gasteiger partial charge is 0.239 e. The fourth-order valence-electron chi connectivity index (χ4n) is 3.75. The second-order valence-corrected chi connectivity index (χ2v) is 6.59. The molecule has 3 rings (SSSR count). The van der Waals surface area contributed by atoms with Crippen molar-refractivity contribution in [3.05, 3.63) is 12.3 Å². The maximum absolute atomic E-state index is 12.3. The number of carbonyl (C=O) groups is 1. The van der Waals surface area contributed by atoms with E-state index in [1.54, 1.807) is 6.20 Å². The zero-order valence-corrected chi connectivity index (χ0v) is 12.8. The van der Waals surface area contributed by atoms with Crippen LogP contribution in [0.2, 0.25) is 0 Å². The lowest BCUT2D eigenvalue weighted by molar-refractivity contribution is -0.118. The molecule has 3 N–H and O–H groups in total. The normalized spacial score (nSPS) is 29.0. The van der Waals surface area contributed by atoms with Gasteiger partial charge in [0.25, 0.3) is 0 Å². The third kappa shape index (κ3) is 2.96. The van der Waals surface area contributed by atoms with Crippen molar-refractivity contribution in [2.24, 2.45) is 5.73 Å². The third-order valence-corrected chi connectivity index (χ3v) is 4.67. The number of hydrogen-bond donors (Lipinski definition) is 2. The summed E-state index contributed by atoms with van der Waals surface area (Å²) in [5, 5.41) is 7.23. The summed E-state index contributed by atoms with van der Waals surface area (Å²) in [6, 6.07) is 3.36. The van der Waals surface area contributed by atoms with Crippen molar-refractivity contribution < 1.29 is 4.79 Å². The lowest BCUT2D eigenvalue weighted by Crippen LogP contribution is -2.50. The second-order valence-electron chi connectivity index (χ2n) is 6.59. The number of rotatable bonds is 4. The van der Waals surface area contributed by atoms with Crippen LogP contribution in [0.15, 0.2) is 12.3 Å². The van der Waals surface area contributed by atoms with Crippen LogP contribution in [0.5, 0.6) is 0 Å². The highest BCUT2D eigenvalue weighted by atomic mass is 16.2. The van der Waals surface area contributed by atoms with Gasteiger partial charge < -0.3 is 11.1 Å². The quantitative estimate of drug-likeness (QED) is 0.878. The molecule has 0 radical (unpaired) electrons. The topological polar surface area (TPSA) is 76.2 Å². The molecule has 1 amide bonds. The van der Waals surface area contributed by atoms with E-state index in [1.165, 1.54) is 12.8 Å². The number of amides is 1. The standard InChI is InChI=1S/C15H25N5O/c1-10(2)20-14(5-6-17-20)18-15(21)9-19-12-3-4-13(19)8-11(16)7-12/h5-6,10-13H,3-4,7-9,16H2,1-2H3,(H,18,21). The third-order valence-electron chi connectivity index (χ3n) is 4.67. The molecular formula is C15H25N5O. The lowest BCUT2D eigenvalue weighted by atomic mass is 9.98. The Kier molecular flexibility index (Phi) is 3.99. The summed E-state index contributed by atoms with van der Waals surface area (Å²) >= 11 is 0. The number of nitrogens with zero attached hydrogens (tertiary/aromatic N) is 3. The maximum Gasteiger partial charge on any atom is 0.239 e. The van der Waals surface area contributed by atoms with Gasteiger partial charge in [0.15, 0.2) is 0 Å². The van der Waals surface area contributed by atoms with Crippen LogP contribution >= 0.6 is 0 Å². The van der Waals surface area contributed by atoms with E-state index in [0.717, 1.165) is 18.7 Å². The first kappa shape index (κ1) is 14.5. The van der Waals surface area contributed by atoms with E-state index in [9.17, 15) is 4.79 Å². The number of carbonyl (C=O) groups excluding carboxylic acids is 1. The summed E-state index contributed by atoms with van der Waals surface area (Å²) in [6.07, 6.45) is 6.12. The Hall–Kier alpha value is -1.40. The van der Waals surface area contributed by atoms with Crippen LogP contribution in [0, 0.1) is 0 Å². The molecule has 1 aromatic heterocycles. The van der Waals surface area contributed by atoms with Gasteiger partial charge in [-0.2, -0.15) is 5.10 Å². The molecule has 3 heterocycles. The van der Waals surface area contributed by atoms with E-state index < -0.39 is 0 Å². The van der Waals surface area contributed by atoms with Crippen LogP contribution in [-0.4, -0.2) is 45.3 Å². The van der Waals surface area contributed by atoms with E-state index in [-0.39, 0.29) is 11.9 Å². The Bertz CT molecular complexity index is 498. The van der Waals surface area contributed by atoms with Crippen molar-refractivity contribution in [3.8, 4) is 0 Å². The molecule has 6 heteroatoms. The Balaban J connectivity index is 1.61. The molecule has 0 aromatic carbocycles. The number of nitrogens with one attached hydrogen (secondary N) is 1. The molecule has 2 aliphatic heterocycles. The highest BCUT2D eigenvalue weighted by Gasteiger charge is 2.40. The Morgan fingerprint density at radius 1 is 1.43 bits per heavy atom. The Morgan fingerprint density at radius 3 is 2.71 bits per heavy atom. The average molecular weight is 291 g/mol. The molecule has 116 valence electrons. The molecule has 21 heavy (non-hydrogen) atoms. The monoisotopic (exact) mass is 291 g/mol. The van der Waals surface area contributed by atoms with Crippen molar-refractivity contribution in [2.45, 2.75) is 63.7 Å². The molecule has 6 nitrogen and oxygen atoms in total. The van der Waals surface area contributed by atoms with Crippen LogP contribution < -0.4 is 11.1 Å². The van der Waals surface area contributed by atoms with Crippen LogP contribution in [0.1, 0.15) is 45.6 Å². The van der Waals surface area contributed by atoms with Gasteiger partial charge in [0.1, 0.15) is 5.82 Å². The SMILES string of the molecule is CC(C)n1nccc1NC(=O)CN1C2CCC1CC(N)C2. The second kappa shape index (κ2) is 5.77.